The number of piperidine rings is 1. The summed E-state index contributed by atoms with van der Waals surface area (Å²) in [5.74, 6) is -0.575. The number of carbonyl (C=O) groups excluding carboxylic acids is 2. The Balaban J connectivity index is 1.34. The third-order valence-electron chi connectivity index (χ3n) is 6.08. The van der Waals surface area contributed by atoms with Crippen LogP contribution in [0.15, 0.2) is 48.8 Å². The molecule has 1 aromatic carbocycles. The van der Waals surface area contributed by atoms with Crippen molar-refractivity contribution >= 4 is 11.8 Å². The Morgan fingerprint density at radius 1 is 1.00 bits per heavy atom. The number of pyridine rings is 1. The second-order valence-corrected chi connectivity index (χ2v) is 7.88. The van der Waals surface area contributed by atoms with E-state index in [0.29, 0.717) is 32.6 Å². The predicted molar refractivity (Wildman–Crippen MR) is 103 cm³/mol. The van der Waals surface area contributed by atoms with E-state index in [1.807, 2.05) is 17.0 Å². The maximum Gasteiger partial charge on any atom is 0.256 e. The lowest BCUT2D eigenvalue weighted by Gasteiger charge is -2.39. The number of nitrogens with zero attached hydrogens (tertiary/aromatic N) is 3. The maximum absolute atomic E-state index is 14.0. The Morgan fingerprint density at radius 2 is 1.71 bits per heavy atom. The summed E-state index contributed by atoms with van der Waals surface area (Å²) < 4.78 is 14.0. The number of carbonyl (C=O) groups is 2. The van der Waals surface area contributed by atoms with Gasteiger partial charge in [-0.15, -0.1) is 0 Å². The van der Waals surface area contributed by atoms with Crippen molar-refractivity contribution in [1.29, 1.82) is 0 Å². The minimum Gasteiger partial charge on any atom is -0.342 e. The first-order chi connectivity index (χ1) is 13.6. The standard InChI is InChI=1S/C22H24FN3O2/c23-19-6-2-1-5-18(19)21(28)26-13-9-22(16-26)7-11-25(12-8-22)20(27)14-17-4-3-10-24-15-17/h1-6,10,15H,7-9,11-14,16H2. The molecule has 2 saturated heterocycles. The van der Waals surface area contributed by atoms with E-state index < -0.39 is 5.82 Å². The molecular weight excluding hydrogens is 357 g/mol. The van der Waals surface area contributed by atoms with Gasteiger partial charge in [0.15, 0.2) is 0 Å². The Labute approximate surface area is 164 Å². The number of hydrogen-bond acceptors (Lipinski definition) is 3. The van der Waals surface area contributed by atoms with Crippen molar-refractivity contribution in [3.8, 4) is 0 Å². The summed E-state index contributed by atoms with van der Waals surface area (Å²) in [5, 5.41) is 0. The van der Waals surface area contributed by atoms with E-state index in [4.69, 9.17) is 0 Å². The van der Waals surface area contributed by atoms with Gasteiger partial charge in [0, 0.05) is 38.6 Å². The summed E-state index contributed by atoms with van der Waals surface area (Å²) in [5.41, 5.74) is 1.12. The Hall–Kier alpha value is -2.76. The van der Waals surface area contributed by atoms with Crippen LogP contribution in [0.4, 0.5) is 4.39 Å². The fraction of sp³-hybridized carbons (Fsp3) is 0.409. The molecule has 0 N–H and O–H groups in total. The minimum absolute atomic E-state index is 0.0476. The van der Waals surface area contributed by atoms with Gasteiger partial charge in [-0.2, -0.15) is 0 Å². The largest absolute Gasteiger partial charge is 0.342 e. The van der Waals surface area contributed by atoms with Gasteiger partial charge < -0.3 is 9.80 Å². The van der Waals surface area contributed by atoms with Gasteiger partial charge in [0.25, 0.3) is 5.91 Å². The molecule has 2 aromatic rings. The normalized spacial score (nSPS) is 18.5. The third-order valence-corrected chi connectivity index (χ3v) is 6.08. The zero-order valence-electron chi connectivity index (χ0n) is 15.8. The van der Waals surface area contributed by atoms with Crippen molar-refractivity contribution in [3.63, 3.8) is 0 Å². The first-order valence-electron chi connectivity index (χ1n) is 9.77. The molecule has 0 atom stereocenters. The third kappa shape index (κ3) is 3.77. The van der Waals surface area contributed by atoms with Gasteiger partial charge in [0.05, 0.1) is 12.0 Å². The quantitative estimate of drug-likeness (QED) is 0.822. The molecule has 0 saturated carbocycles. The first kappa shape index (κ1) is 18.6. The molecule has 5 nitrogen and oxygen atoms in total. The Morgan fingerprint density at radius 3 is 2.39 bits per heavy atom. The van der Waals surface area contributed by atoms with Crippen LogP contribution in [-0.4, -0.2) is 52.8 Å². The number of rotatable bonds is 3. The number of amides is 2. The molecule has 3 heterocycles. The lowest BCUT2D eigenvalue weighted by Crippen LogP contribution is -2.45. The van der Waals surface area contributed by atoms with E-state index >= 15 is 0 Å². The van der Waals surface area contributed by atoms with Crippen LogP contribution in [0, 0.1) is 11.2 Å². The molecule has 0 radical (unpaired) electrons. The van der Waals surface area contributed by atoms with Crippen molar-refractivity contribution in [2.75, 3.05) is 26.2 Å². The number of halogens is 1. The SMILES string of the molecule is O=C(Cc1cccnc1)N1CCC2(CC1)CCN(C(=O)c1ccccc1F)C2. The van der Waals surface area contributed by atoms with Gasteiger partial charge in [-0.3, -0.25) is 14.6 Å². The van der Waals surface area contributed by atoms with E-state index in [9.17, 15) is 14.0 Å². The Bertz CT molecular complexity index is 863. The molecular formula is C22H24FN3O2. The van der Waals surface area contributed by atoms with Crippen LogP contribution in [0.1, 0.15) is 35.2 Å². The van der Waals surface area contributed by atoms with E-state index in [1.165, 1.54) is 6.07 Å². The number of likely N-dealkylation sites (tertiary alicyclic amines) is 2. The van der Waals surface area contributed by atoms with Crippen LogP contribution in [-0.2, 0) is 11.2 Å². The van der Waals surface area contributed by atoms with Crippen LogP contribution in [0.3, 0.4) is 0 Å². The van der Waals surface area contributed by atoms with Gasteiger partial charge in [-0.05, 0) is 48.4 Å². The van der Waals surface area contributed by atoms with Gasteiger partial charge in [-0.25, -0.2) is 4.39 Å². The summed E-state index contributed by atoms with van der Waals surface area (Å²) in [6.07, 6.45) is 6.48. The maximum atomic E-state index is 14.0. The molecule has 1 spiro atoms. The first-order valence-corrected chi connectivity index (χ1v) is 9.77. The smallest absolute Gasteiger partial charge is 0.256 e. The predicted octanol–water partition coefficient (Wildman–Crippen LogP) is 2.92. The summed E-state index contributed by atoms with van der Waals surface area (Å²) >= 11 is 0. The Kier molecular flexibility index (Phi) is 5.11. The molecule has 0 unspecified atom stereocenters. The lowest BCUT2D eigenvalue weighted by atomic mass is 9.77. The van der Waals surface area contributed by atoms with Crippen molar-refractivity contribution < 1.29 is 14.0 Å². The fourth-order valence-corrected chi connectivity index (χ4v) is 4.34. The van der Waals surface area contributed by atoms with Gasteiger partial charge >= 0.3 is 0 Å². The average molecular weight is 381 g/mol. The zero-order chi connectivity index (χ0) is 19.6. The highest BCUT2D eigenvalue weighted by Gasteiger charge is 2.43. The second-order valence-electron chi connectivity index (χ2n) is 7.88. The van der Waals surface area contributed by atoms with Crippen LogP contribution < -0.4 is 0 Å². The minimum atomic E-state index is -0.468. The number of aromatic nitrogens is 1. The van der Waals surface area contributed by atoms with Gasteiger partial charge in [0.2, 0.25) is 5.91 Å². The molecule has 6 heteroatoms. The molecule has 2 aliphatic heterocycles. The molecule has 2 fully saturated rings. The molecule has 0 aliphatic carbocycles. The average Bonchev–Trinajstić information content (AvgIpc) is 3.13. The molecule has 4 rings (SSSR count). The van der Waals surface area contributed by atoms with E-state index in [2.05, 4.69) is 4.98 Å². The zero-order valence-corrected chi connectivity index (χ0v) is 15.8. The van der Waals surface area contributed by atoms with Crippen molar-refractivity contribution in [1.82, 2.24) is 14.8 Å². The molecule has 146 valence electrons. The van der Waals surface area contributed by atoms with Gasteiger partial charge in [-0.1, -0.05) is 18.2 Å². The van der Waals surface area contributed by atoms with Crippen LogP contribution in [0.5, 0.6) is 0 Å². The monoisotopic (exact) mass is 381 g/mol. The molecule has 2 aliphatic rings. The van der Waals surface area contributed by atoms with Crippen molar-refractivity contribution in [2.45, 2.75) is 25.7 Å². The summed E-state index contributed by atoms with van der Waals surface area (Å²) in [6.45, 7) is 2.71. The van der Waals surface area contributed by atoms with E-state index in [1.54, 1.807) is 35.5 Å². The van der Waals surface area contributed by atoms with Crippen LogP contribution in [0.2, 0.25) is 0 Å². The second kappa shape index (κ2) is 7.70. The molecule has 2 amide bonds. The summed E-state index contributed by atoms with van der Waals surface area (Å²) in [4.78, 5) is 33.0. The molecule has 28 heavy (non-hydrogen) atoms. The van der Waals surface area contributed by atoms with E-state index in [-0.39, 0.29) is 22.8 Å². The summed E-state index contributed by atoms with van der Waals surface area (Å²) in [7, 11) is 0. The number of hydrogen-bond donors (Lipinski definition) is 0. The van der Waals surface area contributed by atoms with Crippen molar-refractivity contribution in [2.24, 2.45) is 5.41 Å². The highest BCUT2D eigenvalue weighted by molar-refractivity contribution is 5.94. The topological polar surface area (TPSA) is 53.5 Å². The van der Waals surface area contributed by atoms with E-state index in [0.717, 1.165) is 24.8 Å². The lowest BCUT2D eigenvalue weighted by molar-refractivity contribution is -0.132. The van der Waals surface area contributed by atoms with Crippen LogP contribution >= 0.6 is 0 Å². The highest BCUT2D eigenvalue weighted by Crippen LogP contribution is 2.41. The van der Waals surface area contributed by atoms with Crippen LogP contribution in [0.25, 0.3) is 0 Å². The summed E-state index contributed by atoms with van der Waals surface area (Å²) in [6, 6.07) is 9.91. The molecule has 1 aromatic heterocycles. The molecule has 0 bridgehead atoms. The van der Waals surface area contributed by atoms with Gasteiger partial charge in [0.1, 0.15) is 5.82 Å². The fourth-order valence-electron chi connectivity index (χ4n) is 4.34. The number of benzene rings is 1. The highest BCUT2D eigenvalue weighted by atomic mass is 19.1. The van der Waals surface area contributed by atoms with Crippen molar-refractivity contribution in [3.05, 3.63) is 65.7 Å².